The summed E-state index contributed by atoms with van der Waals surface area (Å²) >= 11 is 1.03. The quantitative estimate of drug-likeness (QED) is 0.495. The first-order valence-electron chi connectivity index (χ1n) is 6.76. The molecule has 4 N–H and O–H groups in total. The van der Waals surface area contributed by atoms with E-state index in [2.05, 4.69) is 5.32 Å². The minimum atomic E-state index is -1.15. The van der Waals surface area contributed by atoms with Gasteiger partial charge in [0.25, 0.3) is 0 Å². The molecule has 0 aliphatic rings. The van der Waals surface area contributed by atoms with Gasteiger partial charge in [-0.1, -0.05) is 0 Å². The number of carboxylic acids is 1. The molecule has 0 aromatic carbocycles. The van der Waals surface area contributed by atoms with E-state index >= 15 is 0 Å². The molecule has 0 saturated carbocycles. The molecule has 7 nitrogen and oxygen atoms in total. The van der Waals surface area contributed by atoms with Crippen molar-refractivity contribution < 1.29 is 29.7 Å². The molecule has 8 heteroatoms. The van der Waals surface area contributed by atoms with E-state index in [-0.39, 0.29) is 37.5 Å². The Morgan fingerprint density at radius 1 is 1.23 bits per heavy atom. The number of aliphatic carboxylic acids is 1. The zero-order valence-electron chi connectivity index (χ0n) is 12.1. The van der Waals surface area contributed by atoms with Crippen LogP contribution in [0.1, 0.15) is 46.8 Å². The molecule has 0 radical (unpaired) electrons. The summed E-state index contributed by atoms with van der Waals surface area (Å²) in [6.07, 6.45) is -2.38. The third-order valence-electron chi connectivity index (χ3n) is 2.94. The molecular weight excluding hydrogens is 310 g/mol. The fraction of sp³-hybridized carbons (Fsp3) is 0.500. The van der Waals surface area contributed by atoms with Crippen molar-refractivity contribution in [2.24, 2.45) is 0 Å². The molecule has 2 atom stereocenters. The van der Waals surface area contributed by atoms with E-state index < -0.39 is 18.2 Å². The van der Waals surface area contributed by atoms with Gasteiger partial charge in [-0.25, -0.2) is 0 Å². The van der Waals surface area contributed by atoms with Gasteiger partial charge in [0.1, 0.15) is 6.10 Å². The Balaban J connectivity index is 2.56. The second-order valence-corrected chi connectivity index (χ2v) is 5.92. The van der Waals surface area contributed by atoms with Gasteiger partial charge < -0.3 is 20.6 Å². The van der Waals surface area contributed by atoms with Crippen LogP contribution in [0, 0.1) is 0 Å². The maximum atomic E-state index is 11.8. The van der Waals surface area contributed by atoms with Crippen LogP contribution in [0.5, 0.6) is 0 Å². The molecule has 122 valence electrons. The van der Waals surface area contributed by atoms with Gasteiger partial charge >= 0.3 is 5.97 Å². The Labute approximate surface area is 131 Å². The molecule has 1 aromatic rings. The molecule has 0 aliphatic heterocycles. The predicted octanol–water partition coefficient (Wildman–Crippen LogP) is 0.716. The zero-order valence-corrected chi connectivity index (χ0v) is 12.9. The van der Waals surface area contributed by atoms with E-state index in [9.17, 15) is 24.6 Å². The molecule has 0 aliphatic carbocycles. The number of nitrogens with one attached hydrogen (secondary N) is 1. The lowest BCUT2D eigenvalue weighted by molar-refractivity contribution is -0.137. The van der Waals surface area contributed by atoms with Crippen molar-refractivity contribution in [3.05, 3.63) is 21.9 Å². The monoisotopic (exact) mass is 329 g/mol. The van der Waals surface area contributed by atoms with Crippen molar-refractivity contribution in [3.8, 4) is 0 Å². The maximum Gasteiger partial charge on any atom is 0.303 e. The van der Waals surface area contributed by atoms with E-state index in [0.29, 0.717) is 9.75 Å². The number of hydrogen-bond donors (Lipinski definition) is 4. The first-order valence-corrected chi connectivity index (χ1v) is 7.58. The maximum absolute atomic E-state index is 11.8. The summed E-state index contributed by atoms with van der Waals surface area (Å²) < 4.78 is 0. The smallest absolute Gasteiger partial charge is 0.303 e. The van der Waals surface area contributed by atoms with Crippen LogP contribution >= 0.6 is 11.3 Å². The molecule has 1 rings (SSSR count). The highest BCUT2D eigenvalue weighted by molar-refractivity contribution is 7.14. The highest BCUT2D eigenvalue weighted by Gasteiger charge is 2.21. The second-order valence-electron chi connectivity index (χ2n) is 4.80. The average Bonchev–Trinajstić information content (AvgIpc) is 2.93. The number of amides is 1. The Bertz CT molecular complexity index is 541. The van der Waals surface area contributed by atoms with Crippen LogP contribution in [0.2, 0.25) is 0 Å². The molecule has 1 amide bonds. The lowest BCUT2D eigenvalue weighted by Gasteiger charge is -2.16. The van der Waals surface area contributed by atoms with Crippen LogP contribution in [0.25, 0.3) is 0 Å². The number of carbonyl (C=O) groups is 3. The minimum absolute atomic E-state index is 0.101. The lowest BCUT2D eigenvalue weighted by Crippen LogP contribution is -2.27. The Morgan fingerprint density at radius 2 is 1.91 bits per heavy atom. The molecule has 0 spiro atoms. The van der Waals surface area contributed by atoms with Crippen molar-refractivity contribution in [2.45, 2.75) is 38.4 Å². The van der Waals surface area contributed by atoms with Crippen molar-refractivity contribution >= 4 is 29.0 Å². The average molecular weight is 329 g/mol. The summed E-state index contributed by atoms with van der Waals surface area (Å²) in [5.74, 6) is -1.57. The highest BCUT2D eigenvalue weighted by Crippen LogP contribution is 2.27. The number of aliphatic hydroxyl groups excluding tert-OH is 2. The van der Waals surface area contributed by atoms with Crippen LogP contribution in [0.3, 0.4) is 0 Å². The summed E-state index contributed by atoms with van der Waals surface area (Å²) in [6, 6.07) is 3.04. The van der Waals surface area contributed by atoms with Crippen LogP contribution < -0.4 is 5.32 Å². The van der Waals surface area contributed by atoms with Crippen molar-refractivity contribution in [1.82, 2.24) is 5.32 Å². The molecule has 0 saturated heterocycles. The Hall–Kier alpha value is -1.77. The number of carbonyl (C=O) groups excluding carboxylic acids is 2. The van der Waals surface area contributed by atoms with Gasteiger partial charge in [-0.15, -0.1) is 11.3 Å². The number of Topliss-reactive ketones (excluding diaryl/α,β-unsaturated/α-hetero) is 1. The second kappa shape index (κ2) is 8.62. The first kappa shape index (κ1) is 18.3. The zero-order chi connectivity index (χ0) is 16.7. The Morgan fingerprint density at radius 3 is 2.50 bits per heavy atom. The fourth-order valence-corrected chi connectivity index (χ4v) is 2.77. The molecule has 2 unspecified atom stereocenters. The molecule has 1 aromatic heterocycles. The van der Waals surface area contributed by atoms with Gasteiger partial charge in [0.2, 0.25) is 5.91 Å². The van der Waals surface area contributed by atoms with Crippen LogP contribution in [-0.2, 0) is 9.59 Å². The summed E-state index contributed by atoms with van der Waals surface area (Å²) in [5.41, 5.74) is 0. The molecule has 0 bridgehead atoms. The standard InChI is InChI=1S/C14H19NO6S/c1-8(16)15-7-6-10(18)14(21)12-4-3-11(22-12)9(17)2-5-13(19)20/h3-4,10,14,18,21H,2,5-7H2,1H3,(H,15,16)(H,19,20). The van der Waals surface area contributed by atoms with Crippen molar-refractivity contribution in [2.75, 3.05) is 6.54 Å². The van der Waals surface area contributed by atoms with Gasteiger partial charge in [-0.2, -0.15) is 0 Å². The molecule has 1 heterocycles. The van der Waals surface area contributed by atoms with Crippen LogP contribution in [0.4, 0.5) is 0 Å². The van der Waals surface area contributed by atoms with Crippen LogP contribution in [-0.4, -0.2) is 45.6 Å². The van der Waals surface area contributed by atoms with Crippen molar-refractivity contribution in [3.63, 3.8) is 0 Å². The topological polar surface area (TPSA) is 124 Å². The largest absolute Gasteiger partial charge is 0.481 e. The summed E-state index contributed by atoms with van der Waals surface area (Å²) in [6.45, 7) is 1.60. The van der Waals surface area contributed by atoms with Crippen molar-refractivity contribution in [1.29, 1.82) is 0 Å². The van der Waals surface area contributed by atoms with E-state index in [1.807, 2.05) is 0 Å². The molecule has 22 heavy (non-hydrogen) atoms. The summed E-state index contributed by atoms with van der Waals surface area (Å²) in [4.78, 5) is 33.7. The van der Waals surface area contributed by atoms with Gasteiger partial charge in [-0.05, 0) is 18.6 Å². The number of thiophene rings is 1. The number of ketones is 1. The molecule has 0 fully saturated rings. The van der Waals surface area contributed by atoms with Crippen LogP contribution in [0.15, 0.2) is 12.1 Å². The normalized spacial score (nSPS) is 13.4. The van der Waals surface area contributed by atoms with E-state index in [1.54, 1.807) is 0 Å². The van der Waals surface area contributed by atoms with Gasteiger partial charge in [-0.3, -0.25) is 14.4 Å². The minimum Gasteiger partial charge on any atom is -0.481 e. The van der Waals surface area contributed by atoms with Gasteiger partial charge in [0.05, 0.1) is 17.4 Å². The summed E-state index contributed by atoms with van der Waals surface area (Å²) in [5, 5.41) is 30.9. The summed E-state index contributed by atoms with van der Waals surface area (Å²) in [7, 11) is 0. The molecular formula is C14H19NO6S. The van der Waals surface area contributed by atoms with E-state index in [0.717, 1.165) is 11.3 Å². The van der Waals surface area contributed by atoms with Gasteiger partial charge in [0, 0.05) is 24.8 Å². The number of hydrogen-bond acceptors (Lipinski definition) is 6. The number of aliphatic hydroxyl groups is 2. The van der Waals surface area contributed by atoms with E-state index in [1.165, 1.54) is 19.1 Å². The first-order chi connectivity index (χ1) is 10.3. The Kier molecular flexibility index (Phi) is 7.16. The number of carboxylic acid groups (broad SMARTS) is 1. The van der Waals surface area contributed by atoms with E-state index in [4.69, 9.17) is 5.11 Å². The third kappa shape index (κ3) is 5.92. The predicted molar refractivity (Wildman–Crippen MR) is 79.8 cm³/mol. The SMILES string of the molecule is CC(=O)NCCC(O)C(O)c1ccc(C(=O)CCC(=O)O)s1. The number of rotatable bonds is 9. The van der Waals surface area contributed by atoms with Gasteiger partial charge in [0.15, 0.2) is 5.78 Å². The highest BCUT2D eigenvalue weighted by atomic mass is 32.1. The fourth-order valence-electron chi connectivity index (χ4n) is 1.75. The third-order valence-corrected chi connectivity index (χ3v) is 4.13. The lowest BCUT2D eigenvalue weighted by atomic mass is 10.1.